The number of allylic oxidation sites excluding steroid dienone is 3. The van der Waals surface area contributed by atoms with E-state index in [0.717, 1.165) is 0 Å². The van der Waals surface area contributed by atoms with Gasteiger partial charge in [-0.2, -0.15) is 0 Å². The summed E-state index contributed by atoms with van der Waals surface area (Å²) in [7, 11) is 0. The van der Waals surface area contributed by atoms with Gasteiger partial charge < -0.3 is 0 Å². The van der Waals surface area contributed by atoms with Crippen LogP contribution in [0.15, 0.2) is 36.4 Å². The minimum Gasteiger partial charge on any atom is -0.0987 e. The molecule has 0 bridgehead atoms. The van der Waals surface area contributed by atoms with Crippen LogP contribution < -0.4 is 0 Å². The number of benzene rings is 1. The molecule has 1 fully saturated rings. The summed E-state index contributed by atoms with van der Waals surface area (Å²) in [6.07, 6.45) is 8.85. The van der Waals surface area contributed by atoms with E-state index in [0.29, 0.717) is 5.92 Å². The van der Waals surface area contributed by atoms with Gasteiger partial charge in [-0.1, -0.05) is 64.0 Å². The van der Waals surface area contributed by atoms with Crippen molar-refractivity contribution in [3.8, 4) is 0 Å². The van der Waals surface area contributed by atoms with Crippen LogP contribution in [-0.2, 0) is 5.41 Å². The Hall–Kier alpha value is -1.30. The van der Waals surface area contributed by atoms with Crippen LogP contribution in [0.2, 0.25) is 0 Å². The van der Waals surface area contributed by atoms with E-state index in [1.807, 2.05) is 0 Å². The largest absolute Gasteiger partial charge is 0.0987 e. The Kier molecular flexibility index (Phi) is 3.36. The summed E-state index contributed by atoms with van der Waals surface area (Å²) in [5.74, 6) is 0.606. The first-order chi connectivity index (χ1) is 9.60. The summed E-state index contributed by atoms with van der Waals surface area (Å²) in [5, 5.41) is 0. The molecule has 1 spiro atoms. The molecule has 2 aliphatic rings. The zero-order valence-corrected chi connectivity index (χ0v) is 13.1. The van der Waals surface area contributed by atoms with E-state index >= 15 is 0 Å². The molecule has 3 rings (SSSR count). The molecule has 0 atom stereocenters. The lowest BCUT2D eigenvalue weighted by molar-refractivity contribution is 0.350. The van der Waals surface area contributed by atoms with Gasteiger partial charge in [0.05, 0.1) is 0 Å². The molecule has 106 valence electrons. The second kappa shape index (κ2) is 4.91. The molecule has 0 nitrogen and oxygen atoms in total. The quantitative estimate of drug-likeness (QED) is 0.617. The van der Waals surface area contributed by atoms with Crippen molar-refractivity contribution in [2.45, 2.75) is 64.2 Å². The van der Waals surface area contributed by atoms with Crippen LogP contribution in [-0.4, -0.2) is 0 Å². The van der Waals surface area contributed by atoms with Crippen LogP contribution in [0.4, 0.5) is 0 Å². The van der Waals surface area contributed by atoms with E-state index in [2.05, 4.69) is 51.6 Å². The molecule has 1 aromatic rings. The number of hydrogen-bond donors (Lipinski definition) is 0. The lowest BCUT2D eigenvalue weighted by Crippen LogP contribution is -2.29. The van der Waals surface area contributed by atoms with Crippen LogP contribution >= 0.6 is 0 Å². The van der Waals surface area contributed by atoms with Gasteiger partial charge in [-0.15, -0.1) is 0 Å². The Bertz CT molecular complexity index is 566. The molecule has 1 aromatic carbocycles. The third-order valence-corrected chi connectivity index (χ3v) is 5.46. The molecule has 20 heavy (non-hydrogen) atoms. The molecule has 0 heterocycles. The monoisotopic (exact) mass is 266 g/mol. The topological polar surface area (TPSA) is 0 Å². The molecule has 1 saturated carbocycles. The summed E-state index contributed by atoms with van der Waals surface area (Å²) >= 11 is 0. The van der Waals surface area contributed by atoms with Crippen molar-refractivity contribution in [3.05, 3.63) is 53.1 Å². The van der Waals surface area contributed by atoms with Crippen molar-refractivity contribution >= 4 is 5.57 Å². The average Bonchev–Trinajstić information content (AvgIpc) is 2.68. The average molecular weight is 266 g/mol. The van der Waals surface area contributed by atoms with Crippen molar-refractivity contribution in [2.24, 2.45) is 0 Å². The Balaban J connectivity index is 2.20. The van der Waals surface area contributed by atoms with Crippen LogP contribution in [0.5, 0.6) is 0 Å². The van der Waals surface area contributed by atoms with Gasteiger partial charge in [-0.05, 0) is 53.5 Å². The molecule has 0 unspecified atom stereocenters. The van der Waals surface area contributed by atoms with Gasteiger partial charge in [0.2, 0.25) is 0 Å². The fraction of sp³-hybridized carbons (Fsp3) is 0.500. The minimum absolute atomic E-state index is 0.282. The van der Waals surface area contributed by atoms with E-state index in [-0.39, 0.29) is 5.41 Å². The SMILES string of the molecule is C=CC1=C(C)c2ccc(C(C)C)cc2C12CCCCC2. The summed E-state index contributed by atoms with van der Waals surface area (Å²) in [4.78, 5) is 0. The van der Waals surface area contributed by atoms with Gasteiger partial charge in [-0.3, -0.25) is 0 Å². The smallest absolute Gasteiger partial charge is 0.0211 e. The standard InChI is InChI=1S/C20H26/c1-5-18-15(4)17-10-9-16(14(2)3)13-19(17)20(18)11-7-6-8-12-20/h5,9-10,13-14H,1,6-8,11-12H2,2-4H3. The van der Waals surface area contributed by atoms with E-state index < -0.39 is 0 Å². The van der Waals surface area contributed by atoms with Gasteiger partial charge >= 0.3 is 0 Å². The lowest BCUT2D eigenvalue weighted by atomic mass is 9.66. The molecule has 0 aliphatic heterocycles. The van der Waals surface area contributed by atoms with Crippen molar-refractivity contribution in [1.82, 2.24) is 0 Å². The van der Waals surface area contributed by atoms with Crippen LogP contribution in [0.25, 0.3) is 5.57 Å². The van der Waals surface area contributed by atoms with Gasteiger partial charge in [0.15, 0.2) is 0 Å². The highest BCUT2D eigenvalue weighted by atomic mass is 14.5. The summed E-state index contributed by atoms with van der Waals surface area (Å²) in [6.45, 7) is 11.0. The zero-order valence-electron chi connectivity index (χ0n) is 13.1. The molecular weight excluding hydrogens is 240 g/mol. The van der Waals surface area contributed by atoms with Crippen molar-refractivity contribution < 1.29 is 0 Å². The van der Waals surface area contributed by atoms with E-state index in [1.165, 1.54) is 54.4 Å². The Morgan fingerprint density at radius 2 is 1.85 bits per heavy atom. The van der Waals surface area contributed by atoms with Crippen LogP contribution in [0, 0.1) is 0 Å². The first-order valence-corrected chi connectivity index (χ1v) is 8.09. The van der Waals surface area contributed by atoms with Crippen LogP contribution in [0.1, 0.15) is 75.5 Å². The Morgan fingerprint density at radius 3 is 2.45 bits per heavy atom. The Labute approximate surface area is 123 Å². The maximum absolute atomic E-state index is 4.13. The summed E-state index contributed by atoms with van der Waals surface area (Å²) < 4.78 is 0. The Morgan fingerprint density at radius 1 is 1.15 bits per heavy atom. The van der Waals surface area contributed by atoms with Crippen molar-refractivity contribution in [1.29, 1.82) is 0 Å². The van der Waals surface area contributed by atoms with Gasteiger partial charge in [0, 0.05) is 5.41 Å². The molecular formula is C20H26. The molecule has 0 radical (unpaired) electrons. The first kappa shape index (κ1) is 13.7. The predicted octanol–water partition coefficient (Wildman–Crippen LogP) is 5.99. The normalized spacial score (nSPS) is 20.6. The molecule has 0 saturated heterocycles. The number of hydrogen-bond acceptors (Lipinski definition) is 0. The van der Waals surface area contributed by atoms with Gasteiger partial charge in [0.25, 0.3) is 0 Å². The summed E-state index contributed by atoms with van der Waals surface area (Å²) in [5.41, 5.74) is 7.80. The van der Waals surface area contributed by atoms with Crippen molar-refractivity contribution in [2.75, 3.05) is 0 Å². The molecule has 2 aliphatic carbocycles. The molecule has 0 N–H and O–H groups in total. The highest BCUT2D eigenvalue weighted by Crippen LogP contribution is 2.54. The van der Waals surface area contributed by atoms with E-state index in [4.69, 9.17) is 0 Å². The third kappa shape index (κ3) is 1.81. The number of fused-ring (bicyclic) bond motifs is 2. The second-order valence-corrected chi connectivity index (χ2v) is 6.85. The molecule has 0 amide bonds. The highest BCUT2D eigenvalue weighted by Gasteiger charge is 2.43. The lowest BCUT2D eigenvalue weighted by Gasteiger charge is -2.37. The zero-order chi connectivity index (χ0) is 14.3. The fourth-order valence-corrected chi connectivity index (χ4v) is 4.34. The number of rotatable bonds is 2. The van der Waals surface area contributed by atoms with Crippen LogP contribution in [0.3, 0.4) is 0 Å². The van der Waals surface area contributed by atoms with Gasteiger partial charge in [0.1, 0.15) is 0 Å². The van der Waals surface area contributed by atoms with E-state index in [9.17, 15) is 0 Å². The van der Waals surface area contributed by atoms with E-state index in [1.54, 1.807) is 5.56 Å². The minimum atomic E-state index is 0.282. The first-order valence-electron chi connectivity index (χ1n) is 8.09. The molecule has 0 aromatic heterocycles. The predicted molar refractivity (Wildman–Crippen MR) is 88.1 cm³/mol. The maximum atomic E-state index is 4.13. The van der Waals surface area contributed by atoms with Gasteiger partial charge in [-0.25, -0.2) is 0 Å². The highest BCUT2D eigenvalue weighted by molar-refractivity contribution is 5.81. The maximum Gasteiger partial charge on any atom is 0.0211 e. The van der Waals surface area contributed by atoms with Crippen molar-refractivity contribution in [3.63, 3.8) is 0 Å². The second-order valence-electron chi connectivity index (χ2n) is 6.85. The summed E-state index contributed by atoms with van der Waals surface area (Å²) in [6, 6.07) is 7.16. The third-order valence-electron chi connectivity index (χ3n) is 5.46. The fourth-order valence-electron chi connectivity index (χ4n) is 4.34. The molecule has 0 heteroatoms.